The van der Waals surface area contributed by atoms with E-state index in [0.29, 0.717) is 6.07 Å². The molecule has 0 aliphatic heterocycles. The minimum atomic E-state index is -3.68. The summed E-state index contributed by atoms with van der Waals surface area (Å²) in [5.74, 6) is -3.39. The van der Waals surface area contributed by atoms with Crippen molar-refractivity contribution < 1.29 is 31.5 Å². The van der Waals surface area contributed by atoms with Gasteiger partial charge >= 0.3 is 5.97 Å². The Balaban J connectivity index is 1.72. The first-order valence-corrected chi connectivity index (χ1v) is 9.58. The van der Waals surface area contributed by atoms with Gasteiger partial charge in [0.2, 0.25) is 10.0 Å². The molecule has 0 atom stereocenters. The molecule has 140 valence electrons. The van der Waals surface area contributed by atoms with Crippen LogP contribution in [0, 0.1) is 11.6 Å². The van der Waals surface area contributed by atoms with Gasteiger partial charge in [-0.25, -0.2) is 21.9 Å². The SMILES string of the molecule is O=C(COC(=O)CCNS(=O)(=O)c1cccs1)Nc1ccc(F)cc1F. The summed E-state index contributed by atoms with van der Waals surface area (Å²) in [5, 5.41) is 3.73. The zero-order chi connectivity index (χ0) is 19.2. The lowest BCUT2D eigenvalue weighted by Crippen LogP contribution is -2.27. The van der Waals surface area contributed by atoms with Gasteiger partial charge < -0.3 is 10.1 Å². The molecule has 0 spiro atoms. The molecule has 1 aromatic carbocycles. The summed E-state index contributed by atoms with van der Waals surface area (Å²) >= 11 is 1.03. The number of sulfonamides is 1. The van der Waals surface area contributed by atoms with Gasteiger partial charge in [0.15, 0.2) is 6.61 Å². The topological polar surface area (TPSA) is 102 Å². The molecule has 1 aromatic heterocycles. The molecule has 2 N–H and O–H groups in total. The lowest BCUT2D eigenvalue weighted by atomic mass is 10.3. The van der Waals surface area contributed by atoms with Crippen molar-refractivity contribution in [1.82, 2.24) is 4.72 Å². The summed E-state index contributed by atoms with van der Waals surface area (Å²) in [4.78, 5) is 23.1. The van der Waals surface area contributed by atoms with E-state index in [1.165, 1.54) is 6.07 Å². The molecule has 0 saturated heterocycles. The molecule has 7 nitrogen and oxygen atoms in total. The molecule has 0 fully saturated rings. The molecule has 2 aromatic rings. The fourth-order valence-electron chi connectivity index (χ4n) is 1.77. The molecule has 0 aliphatic rings. The summed E-state index contributed by atoms with van der Waals surface area (Å²) in [7, 11) is -3.68. The van der Waals surface area contributed by atoms with Crippen LogP contribution in [0.2, 0.25) is 0 Å². The van der Waals surface area contributed by atoms with Crippen molar-refractivity contribution in [2.75, 3.05) is 18.5 Å². The van der Waals surface area contributed by atoms with Gasteiger partial charge in [0.25, 0.3) is 5.91 Å². The average Bonchev–Trinajstić information content (AvgIpc) is 3.11. The van der Waals surface area contributed by atoms with E-state index in [2.05, 4.69) is 14.8 Å². The van der Waals surface area contributed by atoms with Gasteiger partial charge in [-0.05, 0) is 23.6 Å². The third-order valence-corrected chi connectivity index (χ3v) is 5.81. The molecule has 1 heterocycles. The minimum absolute atomic E-state index is 0.117. The smallest absolute Gasteiger partial charge is 0.307 e. The Morgan fingerprint density at radius 3 is 2.62 bits per heavy atom. The highest BCUT2D eigenvalue weighted by molar-refractivity contribution is 7.91. The predicted molar refractivity (Wildman–Crippen MR) is 90.1 cm³/mol. The highest BCUT2D eigenvalue weighted by Gasteiger charge is 2.16. The van der Waals surface area contributed by atoms with E-state index in [-0.39, 0.29) is 22.9 Å². The maximum atomic E-state index is 13.4. The first-order chi connectivity index (χ1) is 12.3. The number of thiophene rings is 1. The van der Waals surface area contributed by atoms with Gasteiger partial charge in [0, 0.05) is 12.6 Å². The van der Waals surface area contributed by atoms with Crippen molar-refractivity contribution in [1.29, 1.82) is 0 Å². The first-order valence-electron chi connectivity index (χ1n) is 7.21. The Kier molecular flexibility index (Phi) is 6.77. The molecule has 1 amide bonds. The lowest BCUT2D eigenvalue weighted by molar-refractivity contribution is -0.147. The molecule has 0 aliphatic carbocycles. The van der Waals surface area contributed by atoms with Crippen molar-refractivity contribution in [2.45, 2.75) is 10.6 Å². The van der Waals surface area contributed by atoms with E-state index in [1.54, 1.807) is 11.4 Å². The van der Waals surface area contributed by atoms with Crippen LogP contribution in [0.5, 0.6) is 0 Å². The second-order valence-electron chi connectivity index (χ2n) is 4.91. The molecule has 0 saturated carbocycles. The maximum absolute atomic E-state index is 13.4. The number of hydrogen-bond donors (Lipinski definition) is 2. The van der Waals surface area contributed by atoms with Gasteiger partial charge in [-0.3, -0.25) is 9.59 Å². The van der Waals surface area contributed by atoms with Gasteiger partial charge in [-0.1, -0.05) is 6.07 Å². The molecule has 2 rings (SSSR count). The van der Waals surface area contributed by atoms with E-state index in [4.69, 9.17) is 0 Å². The van der Waals surface area contributed by atoms with Gasteiger partial charge in [-0.15, -0.1) is 11.3 Å². The Hall–Kier alpha value is -2.37. The van der Waals surface area contributed by atoms with Crippen molar-refractivity contribution >= 4 is 38.9 Å². The zero-order valence-corrected chi connectivity index (χ0v) is 14.8. The van der Waals surface area contributed by atoms with E-state index < -0.39 is 40.1 Å². The van der Waals surface area contributed by atoms with Crippen LogP contribution >= 0.6 is 11.3 Å². The average molecular weight is 404 g/mol. The summed E-state index contributed by atoms with van der Waals surface area (Å²) in [6.07, 6.45) is -0.289. The number of nitrogens with one attached hydrogen (secondary N) is 2. The number of amides is 1. The van der Waals surface area contributed by atoms with Crippen LogP contribution in [0.1, 0.15) is 6.42 Å². The summed E-state index contributed by atoms with van der Waals surface area (Å²) < 4.78 is 56.8. The highest BCUT2D eigenvalue weighted by atomic mass is 32.2. The summed E-state index contributed by atoms with van der Waals surface area (Å²) in [5.41, 5.74) is -0.254. The zero-order valence-electron chi connectivity index (χ0n) is 13.2. The van der Waals surface area contributed by atoms with E-state index in [1.807, 2.05) is 0 Å². The monoisotopic (exact) mass is 404 g/mol. The van der Waals surface area contributed by atoms with Crippen LogP contribution in [0.3, 0.4) is 0 Å². The first kappa shape index (κ1) is 19.9. The summed E-state index contributed by atoms with van der Waals surface area (Å²) in [6, 6.07) is 5.59. The van der Waals surface area contributed by atoms with Crippen molar-refractivity contribution in [2.24, 2.45) is 0 Å². The van der Waals surface area contributed by atoms with Crippen LogP contribution in [-0.4, -0.2) is 33.4 Å². The molecule has 26 heavy (non-hydrogen) atoms. The van der Waals surface area contributed by atoms with Crippen LogP contribution in [0.4, 0.5) is 14.5 Å². The molecular formula is C15H14F2N2O5S2. The largest absolute Gasteiger partial charge is 0.456 e. The van der Waals surface area contributed by atoms with Gasteiger partial charge in [-0.2, -0.15) is 0 Å². The van der Waals surface area contributed by atoms with Crippen molar-refractivity contribution in [3.63, 3.8) is 0 Å². The lowest BCUT2D eigenvalue weighted by Gasteiger charge is -2.08. The van der Waals surface area contributed by atoms with E-state index in [0.717, 1.165) is 23.5 Å². The quantitative estimate of drug-likeness (QED) is 0.654. The second kappa shape index (κ2) is 8.83. The second-order valence-corrected chi connectivity index (χ2v) is 7.85. The molecular weight excluding hydrogens is 390 g/mol. The maximum Gasteiger partial charge on any atom is 0.307 e. The number of rotatable bonds is 8. The Labute approximate surface area is 152 Å². The minimum Gasteiger partial charge on any atom is -0.456 e. The molecule has 11 heteroatoms. The number of esters is 1. The Morgan fingerprint density at radius 2 is 1.96 bits per heavy atom. The van der Waals surface area contributed by atoms with Crippen LogP contribution in [0.15, 0.2) is 39.9 Å². The molecule has 0 unspecified atom stereocenters. The fraction of sp³-hybridized carbons (Fsp3) is 0.200. The Morgan fingerprint density at radius 1 is 1.19 bits per heavy atom. The fourth-order valence-corrected chi connectivity index (χ4v) is 3.84. The normalized spacial score (nSPS) is 11.2. The predicted octanol–water partition coefficient (Wildman–Crippen LogP) is 1.88. The number of benzene rings is 1. The highest BCUT2D eigenvalue weighted by Crippen LogP contribution is 2.15. The van der Waals surface area contributed by atoms with Crippen LogP contribution in [-0.2, 0) is 24.3 Å². The number of anilines is 1. The molecule has 0 radical (unpaired) electrons. The van der Waals surface area contributed by atoms with Crippen molar-refractivity contribution in [3.05, 3.63) is 47.3 Å². The number of ether oxygens (including phenoxy) is 1. The van der Waals surface area contributed by atoms with Crippen LogP contribution < -0.4 is 10.0 Å². The standard InChI is InChI=1S/C15H14F2N2O5S2/c16-10-3-4-12(11(17)8-10)19-13(20)9-24-14(21)5-6-18-26(22,23)15-2-1-7-25-15/h1-4,7-8,18H,5-6,9H2,(H,19,20). The number of carbonyl (C=O) groups is 2. The number of hydrogen-bond acceptors (Lipinski definition) is 6. The van der Waals surface area contributed by atoms with E-state index in [9.17, 15) is 26.8 Å². The van der Waals surface area contributed by atoms with Crippen LogP contribution in [0.25, 0.3) is 0 Å². The third kappa shape index (κ3) is 5.86. The number of halogens is 2. The summed E-state index contributed by atoms with van der Waals surface area (Å²) in [6.45, 7) is -0.888. The van der Waals surface area contributed by atoms with E-state index >= 15 is 0 Å². The Bertz CT molecular complexity index is 885. The molecule has 0 bridgehead atoms. The van der Waals surface area contributed by atoms with Crippen molar-refractivity contribution in [3.8, 4) is 0 Å². The van der Waals surface area contributed by atoms with Gasteiger partial charge in [0.05, 0.1) is 12.1 Å². The number of carbonyl (C=O) groups excluding carboxylic acids is 2. The van der Waals surface area contributed by atoms with Gasteiger partial charge in [0.1, 0.15) is 15.8 Å². The third-order valence-electron chi connectivity index (χ3n) is 2.95.